The van der Waals surface area contributed by atoms with E-state index in [0.717, 1.165) is 36.8 Å². The van der Waals surface area contributed by atoms with E-state index in [1.807, 2.05) is 0 Å². The van der Waals surface area contributed by atoms with E-state index in [0.29, 0.717) is 6.42 Å². The average Bonchev–Trinajstić information content (AvgIpc) is 2.75. The van der Waals surface area contributed by atoms with Crippen LogP contribution < -0.4 is 0 Å². The van der Waals surface area contributed by atoms with Gasteiger partial charge in [-0.25, -0.2) is 0 Å². The molecule has 0 aliphatic rings. The van der Waals surface area contributed by atoms with Gasteiger partial charge >= 0.3 is 5.97 Å². The molecule has 0 aliphatic heterocycles. The van der Waals surface area contributed by atoms with Gasteiger partial charge in [-0.3, -0.25) is 4.79 Å². The standard InChI is InChI=1S/C29H59NO3/c1-4-5-6-7-8-9-10-12-15-18-21-24-28(31)27-30(2,3)26-23-20-17-14-11-13-16-19-22-25-29(32)33/h28,31H,4-27H2,1-3H3/p+1. The molecule has 0 amide bonds. The second-order valence-corrected chi connectivity index (χ2v) is 11.1. The van der Waals surface area contributed by atoms with Gasteiger partial charge < -0.3 is 14.7 Å². The van der Waals surface area contributed by atoms with Gasteiger partial charge in [-0.1, -0.05) is 116 Å². The molecular formula is C29H60NO3+. The van der Waals surface area contributed by atoms with Crippen molar-refractivity contribution < 1.29 is 19.5 Å². The molecule has 0 spiro atoms. The van der Waals surface area contributed by atoms with Gasteiger partial charge in [-0.05, 0) is 25.7 Å². The summed E-state index contributed by atoms with van der Waals surface area (Å²) in [5.74, 6) is -0.669. The van der Waals surface area contributed by atoms with Crippen LogP contribution >= 0.6 is 0 Å². The maximum absolute atomic E-state index is 10.5. The number of unbranched alkanes of at least 4 members (excludes halogenated alkanes) is 18. The Morgan fingerprint density at radius 2 is 1.03 bits per heavy atom. The van der Waals surface area contributed by atoms with Crippen LogP contribution in [0.2, 0.25) is 0 Å². The summed E-state index contributed by atoms with van der Waals surface area (Å²) < 4.78 is 0.933. The highest BCUT2D eigenvalue weighted by Gasteiger charge is 2.19. The highest BCUT2D eigenvalue weighted by Crippen LogP contribution is 2.15. The van der Waals surface area contributed by atoms with E-state index < -0.39 is 5.97 Å². The molecule has 0 bridgehead atoms. The van der Waals surface area contributed by atoms with Crippen molar-refractivity contribution in [2.75, 3.05) is 27.2 Å². The maximum Gasteiger partial charge on any atom is 0.303 e. The Labute approximate surface area is 207 Å². The number of hydrogen-bond acceptors (Lipinski definition) is 2. The van der Waals surface area contributed by atoms with Crippen LogP contribution in [0, 0.1) is 0 Å². The van der Waals surface area contributed by atoms with Crippen molar-refractivity contribution in [1.82, 2.24) is 0 Å². The number of aliphatic hydroxyl groups excluding tert-OH is 1. The molecule has 4 nitrogen and oxygen atoms in total. The summed E-state index contributed by atoms with van der Waals surface area (Å²) in [7, 11) is 4.53. The third-order valence-corrected chi connectivity index (χ3v) is 7.00. The van der Waals surface area contributed by atoms with E-state index >= 15 is 0 Å². The minimum absolute atomic E-state index is 0.153. The second kappa shape index (κ2) is 23.1. The molecule has 198 valence electrons. The fraction of sp³-hybridized carbons (Fsp3) is 0.966. The number of carboxylic acids is 1. The first kappa shape index (κ1) is 32.4. The number of aliphatic carboxylic acids is 1. The molecule has 0 rings (SSSR count). The fourth-order valence-corrected chi connectivity index (χ4v) is 4.85. The summed E-state index contributed by atoms with van der Waals surface area (Å²) in [4.78, 5) is 10.5. The minimum atomic E-state index is -0.669. The zero-order valence-electron chi connectivity index (χ0n) is 22.8. The first-order chi connectivity index (χ1) is 15.9. The van der Waals surface area contributed by atoms with Gasteiger partial charge in [-0.15, -0.1) is 0 Å². The Kier molecular flexibility index (Phi) is 22.7. The summed E-state index contributed by atoms with van der Waals surface area (Å²) in [5, 5.41) is 19.1. The summed E-state index contributed by atoms with van der Waals surface area (Å²) in [6.07, 6.45) is 26.8. The fourth-order valence-electron chi connectivity index (χ4n) is 4.85. The quantitative estimate of drug-likeness (QED) is 0.0991. The van der Waals surface area contributed by atoms with Crippen LogP contribution in [0.5, 0.6) is 0 Å². The van der Waals surface area contributed by atoms with E-state index in [1.54, 1.807) is 0 Å². The Hall–Kier alpha value is -0.610. The highest BCUT2D eigenvalue weighted by molar-refractivity contribution is 5.66. The molecule has 0 aromatic rings. The first-order valence-corrected chi connectivity index (χ1v) is 14.6. The van der Waals surface area contributed by atoms with Crippen LogP contribution in [0.15, 0.2) is 0 Å². The van der Waals surface area contributed by atoms with E-state index in [2.05, 4.69) is 21.0 Å². The Morgan fingerprint density at radius 3 is 1.48 bits per heavy atom. The van der Waals surface area contributed by atoms with Crippen LogP contribution in [0.4, 0.5) is 0 Å². The van der Waals surface area contributed by atoms with Crippen molar-refractivity contribution in [2.24, 2.45) is 0 Å². The van der Waals surface area contributed by atoms with Crippen molar-refractivity contribution in [2.45, 2.75) is 154 Å². The van der Waals surface area contributed by atoms with Crippen LogP contribution in [-0.4, -0.2) is 54.0 Å². The zero-order chi connectivity index (χ0) is 24.6. The SMILES string of the molecule is CCCCCCCCCCCCCC(O)C[N+](C)(C)CCCCCCCCCCCC(=O)O. The highest BCUT2D eigenvalue weighted by atomic mass is 16.4. The van der Waals surface area contributed by atoms with Crippen LogP contribution in [0.1, 0.15) is 148 Å². The monoisotopic (exact) mass is 470 g/mol. The topological polar surface area (TPSA) is 57.5 Å². The van der Waals surface area contributed by atoms with Gasteiger partial charge in [0.25, 0.3) is 0 Å². The van der Waals surface area contributed by atoms with Gasteiger partial charge in [0.2, 0.25) is 0 Å². The summed E-state index contributed by atoms with van der Waals surface area (Å²) in [5.41, 5.74) is 0. The average molecular weight is 471 g/mol. The molecule has 0 saturated carbocycles. The van der Waals surface area contributed by atoms with Crippen LogP contribution in [0.3, 0.4) is 0 Å². The molecular weight excluding hydrogens is 410 g/mol. The minimum Gasteiger partial charge on any atom is -0.481 e. The summed E-state index contributed by atoms with van der Waals surface area (Å²) in [6, 6.07) is 0. The zero-order valence-corrected chi connectivity index (χ0v) is 22.8. The number of aliphatic hydroxyl groups is 1. The van der Waals surface area contributed by atoms with Gasteiger partial charge in [0.1, 0.15) is 12.6 Å². The van der Waals surface area contributed by atoms with E-state index in [4.69, 9.17) is 5.11 Å². The Balaban J connectivity index is 3.47. The number of rotatable bonds is 26. The van der Waals surface area contributed by atoms with Crippen molar-refractivity contribution >= 4 is 5.97 Å². The van der Waals surface area contributed by atoms with Crippen molar-refractivity contribution in [3.05, 3.63) is 0 Å². The van der Waals surface area contributed by atoms with Crippen molar-refractivity contribution in [1.29, 1.82) is 0 Å². The molecule has 0 fully saturated rings. The molecule has 0 aliphatic carbocycles. The van der Waals surface area contributed by atoms with Gasteiger partial charge in [0.15, 0.2) is 0 Å². The molecule has 0 aromatic carbocycles. The number of hydrogen-bond donors (Lipinski definition) is 2. The lowest BCUT2D eigenvalue weighted by Crippen LogP contribution is -2.45. The third-order valence-electron chi connectivity index (χ3n) is 7.00. The lowest BCUT2D eigenvalue weighted by atomic mass is 10.0. The van der Waals surface area contributed by atoms with E-state index in [-0.39, 0.29) is 6.10 Å². The number of quaternary nitrogens is 1. The summed E-state index contributed by atoms with van der Waals surface area (Å²) in [6.45, 7) is 4.32. The van der Waals surface area contributed by atoms with Crippen LogP contribution in [-0.2, 0) is 4.79 Å². The third kappa shape index (κ3) is 25.8. The molecule has 0 aromatic heterocycles. The molecule has 1 atom stereocenters. The molecule has 0 saturated heterocycles. The van der Waals surface area contributed by atoms with Gasteiger partial charge in [0.05, 0.1) is 20.6 Å². The van der Waals surface area contributed by atoms with Crippen molar-refractivity contribution in [3.8, 4) is 0 Å². The van der Waals surface area contributed by atoms with E-state index in [1.165, 1.54) is 116 Å². The molecule has 2 N–H and O–H groups in total. The number of likely N-dealkylation sites (N-methyl/N-ethyl adjacent to an activating group) is 1. The first-order valence-electron chi connectivity index (χ1n) is 14.6. The lowest BCUT2D eigenvalue weighted by molar-refractivity contribution is -0.893. The molecule has 4 heteroatoms. The molecule has 1 unspecified atom stereocenters. The van der Waals surface area contributed by atoms with Gasteiger partial charge in [-0.2, -0.15) is 0 Å². The molecule has 33 heavy (non-hydrogen) atoms. The number of carbonyl (C=O) groups is 1. The predicted molar refractivity (Wildman–Crippen MR) is 143 cm³/mol. The van der Waals surface area contributed by atoms with Crippen LogP contribution in [0.25, 0.3) is 0 Å². The molecule has 0 radical (unpaired) electrons. The van der Waals surface area contributed by atoms with E-state index in [9.17, 15) is 9.90 Å². The predicted octanol–water partition coefficient (Wildman–Crippen LogP) is 8.11. The molecule has 0 heterocycles. The van der Waals surface area contributed by atoms with Crippen molar-refractivity contribution in [3.63, 3.8) is 0 Å². The number of nitrogens with zero attached hydrogens (tertiary/aromatic N) is 1. The maximum atomic E-state index is 10.5. The second-order valence-electron chi connectivity index (χ2n) is 11.1. The number of carboxylic acid groups (broad SMARTS) is 1. The lowest BCUT2D eigenvalue weighted by Gasteiger charge is -2.32. The Bertz CT molecular complexity index is 425. The summed E-state index contributed by atoms with van der Waals surface area (Å²) >= 11 is 0. The van der Waals surface area contributed by atoms with Gasteiger partial charge in [0, 0.05) is 6.42 Å². The normalized spacial score (nSPS) is 12.8. The largest absolute Gasteiger partial charge is 0.481 e. The Morgan fingerprint density at radius 1 is 0.636 bits per heavy atom. The smallest absolute Gasteiger partial charge is 0.303 e.